The topological polar surface area (TPSA) is 18.5 Å². The van der Waals surface area contributed by atoms with E-state index < -0.39 is 18.4 Å². The molecule has 0 radical (unpaired) electrons. The second kappa shape index (κ2) is 17.2. The predicted octanol–water partition coefficient (Wildman–Crippen LogP) is 8.97. The van der Waals surface area contributed by atoms with Crippen molar-refractivity contribution in [1.82, 2.24) is 0 Å². The van der Waals surface area contributed by atoms with Crippen molar-refractivity contribution in [2.75, 3.05) is 11.2 Å². The van der Waals surface area contributed by atoms with Crippen molar-refractivity contribution in [1.29, 1.82) is 0 Å². The summed E-state index contributed by atoms with van der Waals surface area (Å²) < 4.78 is 18.4. The summed E-state index contributed by atoms with van der Waals surface area (Å²) in [6.07, 6.45) is 13.9. The number of allylic oxidation sites excluding steroid dienone is 1. The molecule has 1 aromatic rings. The molecule has 0 aliphatic carbocycles. The van der Waals surface area contributed by atoms with E-state index >= 15 is 0 Å². The molecule has 0 saturated heterocycles. The van der Waals surface area contributed by atoms with Gasteiger partial charge in [-0.15, -0.1) is 0 Å². The van der Waals surface area contributed by atoms with Gasteiger partial charge in [0.2, 0.25) is 0 Å². The van der Waals surface area contributed by atoms with Gasteiger partial charge in [-0.05, 0) is 0 Å². The Labute approximate surface area is 204 Å². The third kappa shape index (κ3) is 14.1. The fourth-order valence-electron chi connectivity index (χ4n) is 4.13. The van der Waals surface area contributed by atoms with Crippen LogP contribution in [0.2, 0.25) is 13.3 Å². The molecule has 0 aliphatic rings. The fraction of sp³-hybridized carbons (Fsp3) is 0.724. The Hall–Kier alpha value is -0.321. The molecule has 0 heterocycles. The molecule has 0 spiro atoms. The van der Waals surface area contributed by atoms with Crippen molar-refractivity contribution in [2.24, 2.45) is 5.41 Å². The van der Waals surface area contributed by atoms with Crippen LogP contribution in [0.25, 0.3) is 0 Å². The number of ether oxygens (including phenoxy) is 2. The van der Waals surface area contributed by atoms with Crippen LogP contribution in [0.1, 0.15) is 92.1 Å². The Balaban J connectivity index is 2.77. The van der Waals surface area contributed by atoms with Gasteiger partial charge in [0.15, 0.2) is 0 Å². The normalized spacial score (nSPS) is 13.7. The van der Waals surface area contributed by atoms with E-state index in [1.165, 1.54) is 57.4 Å². The van der Waals surface area contributed by atoms with Gasteiger partial charge in [-0.25, -0.2) is 0 Å². The molecule has 0 amide bonds. The van der Waals surface area contributed by atoms with Gasteiger partial charge in [-0.3, -0.25) is 0 Å². The van der Waals surface area contributed by atoms with Crippen LogP contribution >= 0.6 is 0 Å². The summed E-state index contributed by atoms with van der Waals surface area (Å²) >= 11 is -2.28. The van der Waals surface area contributed by atoms with Crippen molar-refractivity contribution in [3.63, 3.8) is 0 Å². The second-order valence-electron chi connectivity index (χ2n) is 10.7. The van der Waals surface area contributed by atoms with Crippen LogP contribution in [-0.4, -0.2) is 35.7 Å². The van der Waals surface area contributed by atoms with Crippen LogP contribution in [0.5, 0.6) is 0 Å². The molecule has 0 saturated carbocycles. The van der Waals surface area contributed by atoms with E-state index in [4.69, 9.17) is 9.47 Å². The molecule has 1 unspecified atom stereocenters. The summed E-state index contributed by atoms with van der Waals surface area (Å²) in [4.78, 5) is 0. The molecule has 0 fully saturated rings. The number of unbranched alkanes of at least 4 members (excludes halogenated alkanes) is 3. The van der Waals surface area contributed by atoms with E-state index in [9.17, 15) is 0 Å². The summed E-state index contributed by atoms with van der Waals surface area (Å²) in [5, 5.41) is 0. The third-order valence-electron chi connectivity index (χ3n) is 6.25. The molecule has 0 aromatic heterocycles. The monoisotopic (exact) mass is 552 g/mol. The first-order valence-electron chi connectivity index (χ1n) is 13.3. The zero-order valence-corrected chi connectivity index (χ0v) is 25.0. The van der Waals surface area contributed by atoms with Crippen LogP contribution in [0.15, 0.2) is 42.5 Å². The Bertz CT molecular complexity index is 569. The van der Waals surface area contributed by atoms with E-state index in [0.717, 1.165) is 17.7 Å². The predicted molar refractivity (Wildman–Crippen MR) is 144 cm³/mol. The number of hydrogen-bond donors (Lipinski definition) is 0. The van der Waals surface area contributed by atoms with Gasteiger partial charge in [0.25, 0.3) is 0 Å². The summed E-state index contributed by atoms with van der Waals surface area (Å²) in [7, 11) is 0. The van der Waals surface area contributed by atoms with Crippen LogP contribution in [0.3, 0.4) is 0 Å². The fourth-order valence-corrected chi connectivity index (χ4v) is 18.6. The first-order chi connectivity index (χ1) is 15.3. The van der Waals surface area contributed by atoms with Crippen LogP contribution < -0.4 is 0 Å². The SMILES string of the molecule is CCC[CH2][Sn]([CH2]CCC)([CH2]CCC)[CH2]OC(/C=C/C(C)(C)C)CCOCc1ccccc1. The molecule has 184 valence electrons. The maximum absolute atomic E-state index is 6.77. The van der Waals surface area contributed by atoms with E-state index in [-0.39, 0.29) is 11.5 Å². The third-order valence-corrected chi connectivity index (χ3v) is 20.6. The molecule has 3 heteroatoms. The Morgan fingerprint density at radius 3 is 1.94 bits per heavy atom. The van der Waals surface area contributed by atoms with Crippen LogP contribution in [-0.2, 0) is 16.1 Å². The van der Waals surface area contributed by atoms with Crippen LogP contribution in [0.4, 0.5) is 0 Å². The Morgan fingerprint density at radius 1 is 0.875 bits per heavy atom. The average molecular weight is 551 g/mol. The van der Waals surface area contributed by atoms with Gasteiger partial charge < -0.3 is 0 Å². The van der Waals surface area contributed by atoms with Gasteiger partial charge >= 0.3 is 205 Å². The van der Waals surface area contributed by atoms with Gasteiger partial charge in [0.05, 0.1) is 0 Å². The van der Waals surface area contributed by atoms with Crippen molar-refractivity contribution < 1.29 is 9.47 Å². The number of hydrogen-bond acceptors (Lipinski definition) is 2. The van der Waals surface area contributed by atoms with Crippen LogP contribution in [0, 0.1) is 5.41 Å². The molecule has 0 N–H and O–H groups in total. The first-order valence-corrected chi connectivity index (χ1v) is 21.3. The molecule has 0 aliphatic heterocycles. The molecule has 0 bridgehead atoms. The summed E-state index contributed by atoms with van der Waals surface area (Å²) in [5.74, 6) is 0. The molecular weight excluding hydrogens is 499 g/mol. The van der Waals surface area contributed by atoms with E-state index in [0.29, 0.717) is 6.61 Å². The van der Waals surface area contributed by atoms with Crippen molar-refractivity contribution in [3.05, 3.63) is 48.0 Å². The Kier molecular flexibility index (Phi) is 15.9. The van der Waals surface area contributed by atoms with Crippen molar-refractivity contribution in [2.45, 2.75) is 113 Å². The summed E-state index contributed by atoms with van der Waals surface area (Å²) in [6.45, 7) is 15.3. The van der Waals surface area contributed by atoms with Gasteiger partial charge in [0.1, 0.15) is 0 Å². The standard InChI is InChI=1S/C17H25O2.3C4H9.Sn/c1-17(2,3)12-10-16(18-4)11-13-19-14-15-8-6-5-7-9-15;3*1-3-4-2;/h5-10,12,16H,4,11,13-14H2,1-3H3;3*1,3-4H2,2H3;/b12-10+;;;;. The molecule has 1 aromatic carbocycles. The van der Waals surface area contributed by atoms with Crippen molar-refractivity contribution in [3.8, 4) is 0 Å². The molecule has 2 nitrogen and oxygen atoms in total. The van der Waals surface area contributed by atoms with Gasteiger partial charge in [0, 0.05) is 0 Å². The second-order valence-corrected chi connectivity index (χ2v) is 24.4. The summed E-state index contributed by atoms with van der Waals surface area (Å²) in [5.41, 5.74) is 1.42. The average Bonchev–Trinajstić information content (AvgIpc) is 2.78. The first kappa shape index (κ1) is 29.7. The maximum atomic E-state index is 6.77. The number of rotatable bonds is 18. The molecule has 32 heavy (non-hydrogen) atoms. The molecular formula is C29H52O2Sn. The number of benzene rings is 1. The summed E-state index contributed by atoms with van der Waals surface area (Å²) in [6, 6.07) is 10.5. The molecule has 1 rings (SSSR count). The van der Waals surface area contributed by atoms with Gasteiger partial charge in [-0.1, -0.05) is 0 Å². The van der Waals surface area contributed by atoms with Gasteiger partial charge in [-0.2, -0.15) is 0 Å². The Morgan fingerprint density at radius 2 is 1.44 bits per heavy atom. The minimum absolute atomic E-state index is 0.172. The minimum atomic E-state index is -2.28. The molecule has 1 atom stereocenters. The van der Waals surface area contributed by atoms with E-state index in [2.05, 4.69) is 84.0 Å². The quantitative estimate of drug-likeness (QED) is 0.103. The zero-order chi connectivity index (χ0) is 23.7. The zero-order valence-electron chi connectivity index (χ0n) is 22.1. The van der Waals surface area contributed by atoms with E-state index in [1.54, 1.807) is 0 Å². The van der Waals surface area contributed by atoms with E-state index in [1.807, 2.05) is 0 Å². The van der Waals surface area contributed by atoms with Crippen molar-refractivity contribution >= 4 is 18.4 Å².